The van der Waals surface area contributed by atoms with Gasteiger partial charge in [-0.3, -0.25) is 9.59 Å². The van der Waals surface area contributed by atoms with Crippen molar-refractivity contribution >= 4 is 24.3 Å². The second-order valence-electron chi connectivity index (χ2n) is 3.09. The fourth-order valence-corrected chi connectivity index (χ4v) is 1.49. The molecule has 14 heavy (non-hydrogen) atoms. The highest BCUT2D eigenvalue weighted by atomic mass is 35.5. The Labute approximate surface area is 88.2 Å². The minimum atomic E-state index is -0.909. The van der Waals surface area contributed by atoms with Crippen LogP contribution in [0.3, 0.4) is 0 Å². The summed E-state index contributed by atoms with van der Waals surface area (Å²) in [5, 5.41) is 11.5. The van der Waals surface area contributed by atoms with Crippen molar-refractivity contribution in [1.82, 2.24) is 5.32 Å². The maximum absolute atomic E-state index is 11.1. The third kappa shape index (κ3) is 3.16. The van der Waals surface area contributed by atoms with Crippen molar-refractivity contribution in [3.63, 3.8) is 0 Å². The number of piperidine rings is 1. The van der Waals surface area contributed by atoms with Gasteiger partial charge in [0.15, 0.2) is 0 Å². The highest BCUT2D eigenvalue weighted by Gasteiger charge is 2.30. The molecule has 2 N–H and O–H groups in total. The molecule has 1 aliphatic rings. The average molecular weight is 224 g/mol. The van der Waals surface area contributed by atoms with Gasteiger partial charge in [0.05, 0.1) is 13.0 Å². The standard InChI is InChI=1S/C8H13NO4.ClH/c1-13-8(12)5-2-3-9-6(4-5)7(10)11;/h5-6,9H,2-4H2,1H3,(H,10,11);1H/t5-,6-;/m1./s1. The first-order chi connectivity index (χ1) is 6.15. The van der Waals surface area contributed by atoms with Gasteiger partial charge in [0, 0.05) is 0 Å². The minimum Gasteiger partial charge on any atom is -0.480 e. The molecule has 1 heterocycles. The number of ether oxygens (including phenoxy) is 1. The van der Waals surface area contributed by atoms with Crippen molar-refractivity contribution in [2.75, 3.05) is 13.7 Å². The second-order valence-corrected chi connectivity index (χ2v) is 3.09. The molecule has 0 saturated carbocycles. The molecule has 0 radical (unpaired) electrons. The third-order valence-electron chi connectivity index (χ3n) is 2.24. The number of carbonyl (C=O) groups is 2. The summed E-state index contributed by atoms with van der Waals surface area (Å²) in [6.07, 6.45) is 0.971. The first kappa shape index (κ1) is 13.2. The van der Waals surface area contributed by atoms with Crippen LogP contribution in [0.4, 0.5) is 0 Å². The summed E-state index contributed by atoms with van der Waals surface area (Å²) in [6.45, 7) is 0.552. The molecule has 2 atom stereocenters. The van der Waals surface area contributed by atoms with Gasteiger partial charge in [-0.15, -0.1) is 12.4 Å². The molecule has 6 heteroatoms. The van der Waals surface area contributed by atoms with E-state index in [-0.39, 0.29) is 24.3 Å². The Morgan fingerprint density at radius 2 is 2.14 bits per heavy atom. The number of carboxylic acid groups (broad SMARTS) is 1. The molecule has 82 valence electrons. The summed E-state index contributed by atoms with van der Waals surface area (Å²) in [4.78, 5) is 21.7. The zero-order valence-corrected chi connectivity index (χ0v) is 8.67. The fourth-order valence-electron chi connectivity index (χ4n) is 1.49. The van der Waals surface area contributed by atoms with E-state index in [0.29, 0.717) is 19.4 Å². The maximum atomic E-state index is 11.1. The largest absolute Gasteiger partial charge is 0.480 e. The highest BCUT2D eigenvalue weighted by Crippen LogP contribution is 2.17. The van der Waals surface area contributed by atoms with Crippen molar-refractivity contribution in [3.8, 4) is 0 Å². The Kier molecular flexibility index (Phi) is 5.49. The molecule has 0 unspecified atom stereocenters. The normalized spacial score (nSPS) is 26.1. The smallest absolute Gasteiger partial charge is 0.320 e. The van der Waals surface area contributed by atoms with Gasteiger partial charge in [-0.2, -0.15) is 0 Å². The van der Waals surface area contributed by atoms with E-state index in [1.54, 1.807) is 0 Å². The van der Waals surface area contributed by atoms with Gasteiger partial charge in [0.25, 0.3) is 0 Å². The Hall–Kier alpha value is -0.810. The number of nitrogens with one attached hydrogen (secondary N) is 1. The van der Waals surface area contributed by atoms with Crippen LogP contribution in [0.2, 0.25) is 0 Å². The molecule has 0 bridgehead atoms. The average Bonchev–Trinajstić information content (AvgIpc) is 2.17. The summed E-state index contributed by atoms with van der Waals surface area (Å²) in [7, 11) is 1.32. The Morgan fingerprint density at radius 3 is 2.64 bits per heavy atom. The summed E-state index contributed by atoms with van der Waals surface area (Å²) >= 11 is 0. The molecule has 0 aromatic carbocycles. The lowest BCUT2D eigenvalue weighted by Gasteiger charge is -2.25. The molecule has 0 aromatic rings. The number of halogens is 1. The van der Waals surface area contributed by atoms with E-state index < -0.39 is 12.0 Å². The highest BCUT2D eigenvalue weighted by molar-refractivity contribution is 5.85. The monoisotopic (exact) mass is 223 g/mol. The third-order valence-corrected chi connectivity index (χ3v) is 2.24. The quantitative estimate of drug-likeness (QED) is 0.647. The topological polar surface area (TPSA) is 75.6 Å². The van der Waals surface area contributed by atoms with Crippen LogP contribution in [0.5, 0.6) is 0 Å². The van der Waals surface area contributed by atoms with Gasteiger partial charge in [0.1, 0.15) is 6.04 Å². The minimum absolute atomic E-state index is 0. The molecule has 0 aromatic heterocycles. The SMILES string of the molecule is COC(=O)[C@@H]1CCN[C@@H](C(=O)O)C1.Cl. The lowest BCUT2D eigenvalue weighted by atomic mass is 9.93. The van der Waals surface area contributed by atoms with Crippen LogP contribution in [0, 0.1) is 5.92 Å². The summed E-state index contributed by atoms with van der Waals surface area (Å²) in [6, 6.07) is -0.613. The van der Waals surface area contributed by atoms with Gasteiger partial charge in [-0.25, -0.2) is 0 Å². The first-order valence-corrected chi connectivity index (χ1v) is 4.19. The van der Waals surface area contributed by atoms with Crippen LogP contribution in [0.1, 0.15) is 12.8 Å². The molecular formula is C8H14ClNO4. The molecule has 0 aliphatic carbocycles. The predicted octanol–water partition coefficient (Wildman–Crippen LogP) is 0.0340. The van der Waals surface area contributed by atoms with Crippen molar-refractivity contribution in [1.29, 1.82) is 0 Å². The zero-order chi connectivity index (χ0) is 9.84. The molecule has 1 saturated heterocycles. The van der Waals surface area contributed by atoms with Crippen molar-refractivity contribution in [3.05, 3.63) is 0 Å². The first-order valence-electron chi connectivity index (χ1n) is 4.19. The lowest BCUT2D eigenvalue weighted by molar-refractivity contribution is -0.148. The Balaban J connectivity index is 0.00000169. The number of esters is 1. The van der Waals surface area contributed by atoms with Gasteiger partial charge >= 0.3 is 11.9 Å². The Morgan fingerprint density at radius 1 is 1.50 bits per heavy atom. The van der Waals surface area contributed by atoms with E-state index in [4.69, 9.17) is 5.11 Å². The molecule has 1 fully saturated rings. The number of methoxy groups -OCH3 is 1. The predicted molar refractivity (Wildman–Crippen MR) is 51.4 cm³/mol. The molecule has 1 rings (SSSR count). The van der Waals surface area contributed by atoms with E-state index in [2.05, 4.69) is 10.1 Å². The van der Waals surface area contributed by atoms with E-state index >= 15 is 0 Å². The van der Waals surface area contributed by atoms with E-state index in [1.807, 2.05) is 0 Å². The molecule has 0 spiro atoms. The molecule has 1 aliphatic heterocycles. The van der Waals surface area contributed by atoms with Gasteiger partial charge in [-0.05, 0) is 19.4 Å². The number of aliphatic carboxylic acids is 1. The van der Waals surface area contributed by atoms with Crippen molar-refractivity contribution < 1.29 is 19.4 Å². The van der Waals surface area contributed by atoms with Crippen LogP contribution < -0.4 is 5.32 Å². The van der Waals surface area contributed by atoms with E-state index in [0.717, 1.165) is 0 Å². The number of hydrogen-bond acceptors (Lipinski definition) is 4. The van der Waals surface area contributed by atoms with Crippen LogP contribution in [0.25, 0.3) is 0 Å². The Bertz CT molecular complexity index is 221. The number of rotatable bonds is 2. The van der Waals surface area contributed by atoms with Gasteiger partial charge in [0.2, 0.25) is 0 Å². The molecule has 0 amide bonds. The zero-order valence-electron chi connectivity index (χ0n) is 7.86. The lowest BCUT2D eigenvalue weighted by Crippen LogP contribution is -2.45. The summed E-state index contributed by atoms with van der Waals surface area (Å²) < 4.78 is 4.56. The summed E-state index contributed by atoms with van der Waals surface area (Å²) in [5.74, 6) is -1.49. The van der Waals surface area contributed by atoms with Crippen LogP contribution in [-0.4, -0.2) is 36.7 Å². The van der Waals surface area contributed by atoms with E-state index in [1.165, 1.54) is 7.11 Å². The van der Waals surface area contributed by atoms with Gasteiger partial charge < -0.3 is 15.2 Å². The van der Waals surface area contributed by atoms with Crippen LogP contribution >= 0.6 is 12.4 Å². The number of carboxylic acids is 1. The number of carbonyl (C=O) groups excluding carboxylic acids is 1. The summed E-state index contributed by atoms with van der Waals surface area (Å²) in [5.41, 5.74) is 0. The van der Waals surface area contributed by atoms with E-state index in [9.17, 15) is 9.59 Å². The fraction of sp³-hybridized carbons (Fsp3) is 0.750. The number of hydrogen-bond donors (Lipinski definition) is 2. The van der Waals surface area contributed by atoms with Gasteiger partial charge in [-0.1, -0.05) is 0 Å². The van der Waals surface area contributed by atoms with Crippen molar-refractivity contribution in [2.24, 2.45) is 5.92 Å². The van der Waals surface area contributed by atoms with Crippen LogP contribution in [-0.2, 0) is 14.3 Å². The second kappa shape index (κ2) is 5.82. The molecule has 5 nitrogen and oxygen atoms in total. The maximum Gasteiger partial charge on any atom is 0.320 e. The molecular weight excluding hydrogens is 210 g/mol. The van der Waals surface area contributed by atoms with Crippen LogP contribution in [0.15, 0.2) is 0 Å². The van der Waals surface area contributed by atoms with Crippen molar-refractivity contribution in [2.45, 2.75) is 18.9 Å².